The summed E-state index contributed by atoms with van der Waals surface area (Å²) in [7, 11) is -1.09. The highest BCUT2D eigenvalue weighted by molar-refractivity contribution is 7.91. The molecule has 0 spiro atoms. The first-order valence-corrected chi connectivity index (χ1v) is 8.68. The molecular formula is C14H18N2O4S. The summed E-state index contributed by atoms with van der Waals surface area (Å²) in [6, 6.07) is 5.53. The van der Waals surface area contributed by atoms with Gasteiger partial charge in [-0.3, -0.25) is 9.47 Å². The SMILES string of the molecule is Cc1ccc2oc(=O)n(CN(C)[C@H]3CCS(=O)(=O)C3)c2c1. The first kappa shape index (κ1) is 14.3. The van der Waals surface area contributed by atoms with Crippen LogP contribution >= 0.6 is 0 Å². The molecule has 0 saturated carbocycles. The molecule has 6 nitrogen and oxygen atoms in total. The maximum absolute atomic E-state index is 12.0. The highest BCUT2D eigenvalue weighted by Gasteiger charge is 2.31. The number of oxazole rings is 1. The van der Waals surface area contributed by atoms with E-state index in [0.717, 1.165) is 11.1 Å². The van der Waals surface area contributed by atoms with Crippen LogP contribution in [0.3, 0.4) is 0 Å². The Hall–Kier alpha value is -1.60. The van der Waals surface area contributed by atoms with E-state index in [2.05, 4.69) is 0 Å². The van der Waals surface area contributed by atoms with Crippen LogP contribution in [-0.2, 0) is 16.5 Å². The van der Waals surface area contributed by atoms with Crippen molar-refractivity contribution in [1.82, 2.24) is 9.47 Å². The van der Waals surface area contributed by atoms with Crippen LogP contribution in [0.15, 0.2) is 27.4 Å². The molecule has 1 aromatic carbocycles. The summed E-state index contributed by atoms with van der Waals surface area (Å²) in [5.41, 5.74) is 2.34. The van der Waals surface area contributed by atoms with Gasteiger partial charge >= 0.3 is 5.76 Å². The summed E-state index contributed by atoms with van der Waals surface area (Å²) in [5, 5.41) is 0. The predicted molar refractivity (Wildman–Crippen MR) is 80.0 cm³/mol. The van der Waals surface area contributed by atoms with E-state index in [1.54, 1.807) is 10.6 Å². The Bertz CT molecular complexity index is 834. The summed E-state index contributed by atoms with van der Waals surface area (Å²) in [4.78, 5) is 13.9. The lowest BCUT2D eigenvalue weighted by atomic mass is 10.2. The van der Waals surface area contributed by atoms with Crippen LogP contribution in [0.1, 0.15) is 12.0 Å². The Morgan fingerprint density at radius 3 is 2.86 bits per heavy atom. The zero-order valence-corrected chi connectivity index (χ0v) is 12.9. The van der Waals surface area contributed by atoms with Gasteiger partial charge in [0.25, 0.3) is 0 Å². The highest BCUT2D eigenvalue weighted by Crippen LogP contribution is 2.19. The number of nitrogens with zero attached hydrogens (tertiary/aromatic N) is 2. The number of sulfone groups is 1. The van der Waals surface area contributed by atoms with Crippen LogP contribution in [0.2, 0.25) is 0 Å². The van der Waals surface area contributed by atoms with Gasteiger partial charge in [-0.05, 0) is 38.1 Å². The van der Waals surface area contributed by atoms with Gasteiger partial charge in [-0.2, -0.15) is 0 Å². The van der Waals surface area contributed by atoms with Crippen molar-refractivity contribution < 1.29 is 12.8 Å². The lowest BCUT2D eigenvalue weighted by Crippen LogP contribution is -2.36. The molecule has 0 bridgehead atoms. The van der Waals surface area contributed by atoms with Crippen LogP contribution in [-0.4, -0.2) is 42.5 Å². The fourth-order valence-corrected chi connectivity index (χ4v) is 4.57. The molecule has 1 aromatic heterocycles. The third-order valence-electron chi connectivity index (χ3n) is 4.02. The summed E-state index contributed by atoms with van der Waals surface area (Å²) in [6.07, 6.45) is 0.613. The van der Waals surface area contributed by atoms with E-state index < -0.39 is 15.6 Å². The molecule has 2 aromatic rings. The summed E-state index contributed by atoms with van der Waals surface area (Å²) >= 11 is 0. The maximum Gasteiger partial charge on any atom is 0.421 e. The molecule has 2 heterocycles. The molecule has 114 valence electrons. The average Bonchev–Trinajstić information content (AvgIpc) is 2.91. The van der Waals surface area contributed by atoms with Gasteiger partial charge in [-0.15, -0.1) is 0 Å². The van der Waals surface area contributed by atoms with Crippen molar-refractivity contribution in [3.05, 3.63) is 34.3 Å². The zero-order chi connectivity index (χ0) is 15.2. The van der Waals surface area contributed by atoms with Gasteiger partial charge < -0.3 is 4.42 Å². The van der Waals surface area contributed by atoms with Crippen LogP contribution in [0.4, 0.5) is 0 Å². The fourth-order valence-electron chi connectivity index (χ4n) is 2.77. The van der Waals surface area contributed by atoms with E-state index in [9.17, 15) is 13.2 Å². The normalized spacial score (nSPS) is 21.4. The number of hydrogen-bond acceptors (Lipinski definition) is 5. The minimum Gasteiger partial charge on any atom is -0.408 e. The highest BCUT2D eigenvalue weighted by atomic mass is 32.2. The van der Waals surface area contributed by atoms with Crippen molar-refractivity contribution in [2.24, 2.45) is 0 Å². The molecule has 1 atom stereocenters. The lowest BCUT2D eigenvalue weighted by Gasteiger charge is -2.22. The third kappa shape index (κ3) is 2.75. The summed E-state index contributed by atoms with van der Waals surface area (Å²) in [6.45, 7) is 2.28. The molecule has 1 fully saturated rings. The number of hydrogen-bond donors (Lipinski definition) is 0. The quantitative estimate of drug-likeness (QED) is 0.845. The predicted octanol–water partition coefficient (Wildman–Crippen LogP) is 0.979. The van der Waals surface area contributed by atoms with Gasteiger partial charge in [-0.25, -0.2) is 13.2 Å². The Kier molecular flexibility index (Phi) is 3.41. The molecule has 3 rings (SSSR count). The molecule has 1 aliphatic heterocycles. The molecule has 0 N–H and O–H groups in total. The van der Waals surface area contributed by atoms with Crippen molar-refractivity contribution in [2.45, 2.75) is 26.1 Å². The molecule has 0 radical (unpaired) electrons. The van der Waals surface area contributed by atoms with E-state index in [1.165, 1.54) is 0 Å². The van der Waals surface area contributed by atoms with E-state index in [4.69, 9.17) is 4.42 Å². The van der Waals surface area contributed by atoms with Crippen molar-refractivity contribution in [2.75, 3.05) is 18.6 Å². The second-order valence-corrected chi connectivity index (χ2v) is 7.95. The van der Waals surface area contributed by atoms with E-state index >= 15 is 0 Å². The van der Waals surface area contributed by atoms with Crippen molar-refractivity contribution in [3.63, 3.8) is 0 Å². The molecule has 1 saturated heterocycles. The standard InChI is InChI=1S/C14H18N2O4S/c1-10-3-4-13-12(7-10)16(14(17)20-13)9-15(2)11-5-6-21(18,19)8-11/h3-4,7,11H,5-6,8-9H2,1-2H3/t11-/m0/s1. The zero-order valence-electron chi connectivity index (χ0n) is 12.1. The number of benzene rings is 1. The van der Waals surface area contributed by atoms with Crippen LogP contribution in [0.25, 0.3) is 11.1 Å². The van der Waals surface area contributed by atoms with Gasteiger partial charge in [0.05, 0.1) is 23.7 Å². The number of fused-ring (bicyclic) bond motifs is 1. The van der Waals surface area contributed by atoms with Gasteiger partial charge in [0.2, 0.25) is 0 Å². The van der Waals surface area contributed by atoms with Crippen LogP contribution in [0, 0.1) is 6.92 Å². The lowest BCUT2D eigenvalue weighted by molar-refractivity contribution is 0.204. The van der Waals surface area contributed by atoms with Crippen molar-refractivity contribution in [3.8, 4) is 0 Å². The monoisotopic (exact) mass is 310 g/mol. The largest absolute Gasteiger partial charge is 0.421 e. The molecule has 0 unspecified atom stereocenters. The molecule has 0 aliphatic carbocycles. The van der Waals surface area contributed by atoms with Gasteiger partial charge in [0.1, 0.15) is 0 Å². The van der Waals surface area contributed by atoms with Gasteiger partial charge in [0, 0.05) is 6.04 Å². The molecular weight excluding hydrogens is 292 g/mol. The minimum absolute atomic E-state index is 0.0448. The average molecular weight is 310 g/mol. The Balaban J connectivity index is 1.90. The minimum atomic E-state index is -2.93. The summed E-state index contributed by atoms with van der Waals surface area (Å²) in [5.74, 6) is -0.0295. The third-order valence-corrected chi connectivity index (χ3v) is 5.77. The fraction of sp³-hybridized carbons (Fsp3) is 0.500. The van der Waals surface area contributed by atoms with Gasteiger partial charge in [0.15, 0.2) is 15.4 Å². The first-order valence-electron chi connectivity index (χ1n) is 6.86. The molecule has 1 aliphatic rings. The second-order valence-electron chi connectivity index (χ2n) is 5.72. The van der Waals surface area contributed by atoms with Crippen LogP contribution in [0.5, 0.6) is 0 Å². The number of rotatable bonds is 3. The Morgan fingerprint density at radius 1 is 1.43 bits per heavy atom. The van der Waals surface area contributed by atoms with E-state index in [1.807, 2.05) is 31.0 Å². The second kappa shape index (κ2) is 4.99. The van der Waals surface area contributed by atoms with Crippen molar-refractivity contribution >= 4 is 20.9 Å². The Morgan fingerprint density at radius 2 is 2.19 bits per heavy atom. The smallest absolute Gasteiger partial charge is 0.408 e. The number of aromatic nitrogens is 1. The topological polar surface area (TPSA) is 72.5 Å². The molecule has 21 heavy (non-hydrogen) atoms. The number of aryl methyl sites for hydroxylation is 1. The van der Waals surface area contributed by atoms with Gasteiger partial charge in [-0.1, -0.05) is 6.07 Å². The van der Waals surface area contributed by atoms with Crippen LogP contribution < -0.4 is 5.76 Å². The summed E-state index contributed by atoms with van der Waals surface area (Å²) < 4.78 is 29.9. The maximum atomic E-state index is 12.0. The van der Waals surface area contributed by atoms with E-state index in [-0.39, 0.29) is 17.5 Å². The van der Waals surface area contributed by atoms with E-state index in [0.29, 0.717) is 18.7 Å². The Labute approximate surface area is 122 Å². The molecule has 7 heteroatoms. The first-order chi connectivity index (χ1) is 9.85. The van der Waals surface area contributed by atoms with Crippen molar-refractivity contribution in [1.29, 1.82) is 0 Å². The molecule has 0 amide bonds.